The van der Waals surface area contributed by atoms with Gasteiger partial charge in [0.25, 0.3) is 0 Å². The van der Waals surface area contributed by atoms with E-state index in [1.165, 1.54) is 0 Å². The summed E-state index contributed by atoms with van der Waals surface area (Å²) in [4.78, 5) is 22.7. The number of carboxylic acid groups (broad SMARTS) is 1. The summed E-state index contributed by atoms with van der Waals surface area (Å²) in [7, 11) is 0. The van der Waals surface area contributed by atoms with E-state index in [2.05, 4.69) is 19.2 Å². The maximum atomic E-state index is 11.5. The Bertz CT molecular complexity index is 330. The molecule has 17 heavy (non-hydrogen) atoms. The molecule has 1 saturated carbocycles. The summed E-state index contributed by atoms with van der Waals surface area (Å²) in [5.74, 6) is 0.366. The maximum absolute atomic E-state index is 11.5. The highest BCUT2D eigenvalue weighted by molar-refractivity contribution is 5.89. The lowest BCUT2D eigenvalue weighted by Crippen LogP contribution is -2.45. The van der Waals surface area contributed by atoms with E-state index in [1.807, 2.05) is 0 Å². The van der Waals surface area contributed by atoms with Crippen LogP contribution in [-0.2, 0) is 9.59 Å². The van der Waals surface area contributed by atoms with Crippen molar-refractivity contribution >= 4 is 11.9 Å². The van der Waals surface area contributed by atoms with E-state index in [1.54, 1.807) is 0 Å². The van der Waals surface area contributed by atoms with Crippen LogP contribution in [0.5, 0.6) is 0 Å². The summed E-state index contributed by atoms with van der Waals surface area (Å²) < 4.78 is 0. The van der Waals surface area contributed by atoms with E-state index >= 15 is 0 Å². The molecule has 0 radical (unpaired) electrons. The van der Waals surface area contributed by atoms with Crippen molar-refractivity contribution in [3.8, 4) is 0 Å². The second kappa shape index (κ2) is 4.31. The lowest BCUT2D eigenvalue weighted by atomic mass is 9.64. The Morgan fingerprint density at radius 2 is 2.00 bits per heavy atom. The van der Waals surface area contributed by atoms with Gasteiger partial charge in [0.05, 0.1) is 0 Å². The standard InChI is InChI=1S/C13H21NO3/c1-8(2)9-3-5-13(6-4-9)7-10(15)14-11(13)12(16)17/h8-9,11H,3-7H2,1-2H3,(H,14,15)(H,16,17). The number of aliphatic carboxylic acids is 1. The normalized spacial score (nSPS) is 37.5. The molecule has 2 fully saturated rings. The van der Waals surface area contributed by atoms with Gasteiger partial charge in [-0.3, -0.25) is 4.79 Å². The van der Waals surface area contributed by atoms with Crippen molar-refractivity contribution in [3.63, 3.8) is 0 Å². The molecule has 0 aromatic heterocycles. The van der Waals surface area contributed by atoms with Crippen molar-refractivity contribution in [1.82, 2.24) is 5.32 Å². The fourth-order valence-corrected chi connectivity index (χ4v) is 3.46. The first kappa shape index (κ1) is 12.4. The SMILES string of the molecule is CC(C)C1CCC2(CC1)CC(=O)NC2C(=O)O. The maximum Gasteiger partial charge on any atom is 0.326 e. The van der Waals surface area contributed by atoms with Crippen LogP contribution in [0.2, 0.25) is 0 Å². The van der Waals surface area contributed by atoms with Crippen LogP contribution in [0.15, 0.2) is 0 Å². The third kappa shape index (κ3) is 2.17. The third-order valence-corrected chi connectivity index (χ3v) is 4.65. The lowest BCUT2D eigenvalue weighted by Gasteiger charge is -2.40. The van der Waals surface area contributed by atoms with Gasteiger partial charge in [0.1, 0.15) is 6.04 Å². The second-order valence-electron chi connectivity index (χ2n) is 5.96. The highest BCUT2D eigenvalue weighted by atomic mass is 16.4. The molecule has 2 N–H and O–H groups in total. The number of hydrogen-bond acceptors (Lipinski definition) is 2. The average Bonchev–Trinajstić information content (AvgIpc) is 2.56. The number of nitrogens with one attached hydrogen (secondary N) is 1. The fourth-order valence-electron chi connectivity index (χ4n) is 3.46. The number of carbonyl (C=O) groups is 2. The third-order valence-electron chi connectivity index (χ3n) is 4.65. The molecule has 1 aliphatic heterocycles. The molecule has 4 heteroatoms. The molecular formula is C13H21NO3. The van der Waals surface area contributed by atoms with E-state index in [0.717, 1.165) is 25.7 Å². The predicted octanol–water partition coefficient (Wildman–Crippen LogP) is 1.79. The summed E-state index contributed by atoms with van der Waals surface area (Å²) in [6.45, 7) is 4.44. The molecule has 4 nitrogen and oxygen atoms in total. The first-order valence-electron chi connectivity index (χ1n) is 6.47. The van der Waals surface area contributed by atoms with Gasteiger partial charge >= 0.3 is 5.97 Å². The molecule has 2 rings (SSSR count). The van der Waals surface area contributed by atoms with Crippen LogP contribution < -0.4 is 5.32 Å². The number of hydrogen-bond donors (Lipinski definition) is 2. The molecule has 1 aliphatic carbocycles. The van der Waals surface area contributed by atoms with Crippen LogP contribution in [0.3, 0.4) is 0 Å². The Hall–Kier alpha value is -1.06. The summed E-state index contributed by atoms with van der Waals surface area (Å²) in [5, 5.41) is 11.8. The smallest absolute Gasteiger partial charge is 0.326 e. The van der Waals surface area contributed by atoms with Crippen LogP contribution in [0.25, 0.3) is 0 Å². The highest BCUT2D eigenvalue weighted by Crippen LogP contribution is 2.48. The summed E-state index contributed by atoms with van der Waals surface area (Å²) in [5.41, 5.74) is -0.311. The molecule has 1 spiro atoms. The Kier molecular flexibility index (Phi) is 3.15. The molecule has 96 valence electrons. The van der Waals surface area contributed by atoms with E-state index in [9.17, 15) is 14.7 Å². The zero-order valence-corrected chi connectivity index (χ0v) is 10.5. The molecule has 1 saturated heterocycles. The quantitative estimate of drug-likeness (QED) is 0.772. The van der Waals surface area contributed by atoms with Crippen LogP contribution in [0, 0.1) is 17.3 Å². The molecule has 1 atom stereocenters. The van der Waals surface area contributed by atoms with Gasteiger partial charge in [-0.1, -0.05) is 13.8 Å². The zero-order valence-electron chi connectivity index (χ0n) is 10.5. The Labute approximate surface area is 102 Å². The van der Waals surface area contributed by atoms with Crippen molar-refractivity contribution in [2.45, 2.75) is 52.0 Å². The van der Waals surface area contributed by atoms with Crippen molar-refractivity contribution in [2.75, 3.05) is 0 Å². The first-order chi connectivity index (χ1) is 7.94. The second-order valence-corrected chi connectivity index (χ2v) is 5.96. The van der Waals surface area contributed by atoms with Crippen LogP contribution in [0.4, 0.5) is 0 Å². The summed E-state index contributed by atoms with van der Waals surface area (Å²) in [6.07, 6.45) is 4.23. The monoisotopic (exact) mass is 239 g/mol. The van der Waals surface area contributed by atoms with Gasteiger partial charge in [-0.05, 0) is 37.5 Å². The van der Waals surface area contributed by atoms with E-state index in [0.29, 0.717) is 18.3 Å². The van der Waals surface area contributed by atoms with Crippen molar-refractivity contribution in [2.24, 2.45) is 17.3 Å². The van der Waals surface area contributed by atoms with Gasteiger partial charge < -0.3 is 10.4 Å². The molecule has 0 bridgehead atoms. The molecular weight excluding hydrogens is 218 g/mol. The highest BCUT2D eigenvalue weighted by Gasteiger charge is 2.51. The van der Waals surface area contributed by atoms with E-state index in [4.69, 9.17) is 0 Å². The van der Waals surface area contributed by atoms with E-state index < -0.39 is 12.0 Å². The number of carbonyl (C=O) groups excluding carboxylic acids is 1. The van der Waals surface area contributed by atoms with Crippen LogP contribution in [0.1, 0.15) is 46.0 Å². The van der Waals surface area contributed by atoms with Gasteiger partial charge in [-0.15, -0.1) is 0 Å². The number of rotatable bonds is 2. The summed E-state index contributed by atoms with van der Waals surface area (Å²) in [6, 6.07) is -0.664. The molecule has 0 aromatic carbocycles. The minimum atomic E-state index is -0.876. The van der Waals surface area contributed by atoms with Gasteiger partial charge in [0.15, 0.2) is 0 Å². The molecule has 1 heterocycles. The van der Waals surface area contributed by atoms with Gasteiger partial charge in [-0.2, -0.15) is 0 Å². The Morgan fingerprint density at radius 3 is 2.47 bits per heavy atom. The van der Waals surface area contributed by atoms with Gasteiger partial charge in [0, 0.05) is 11.8 Å². The van der Waals surface area contributed by atoms with Crippen LogP contribution in [-0.4, -0.2) is 23.0 Å². The minimum absolute atomic E-state index is 0.0969. The van der Waals surface area contributed by atoms with Crippen molar-refractivity contribution in [1.29, 1.82) is 0 Å². The molecule has 2 aliphatic rings. The Balaban J connectivity index is 2.10. The van der Waals surface area contributed by atoms with E-state index in [-0.39, 0.29) is 11.3 Å². The zero-order chi connectivity index (χ0) is 12.6. The minimum Gasteiger partial charge on any atom is -0.480 e. The van der Waals surface area contributed by atoms with Gasteiger partial charge in [0.2, 0.25) is 5.91 Å². The van der Waals surface area contributed by atoms with Crippen molar-refractivity contribution < 1.29 is 14.7 Å². The molecule has 0 aromatic rings. The predicted molar refractivity (Wildman–Crippen MR) is 63.4 cm³/mol. The first-order valence-corrected chi connectivity index (χ1v) is 6.47. The van der Waals surface area contributed by atoms with Gasteiger partial charge in [-0.25, -0.2) is 4.79 Å². The number of amides is 1. The lowest BCUT2D eigenvalue weighted by molar-refractivity contribution is -0.143. The average molecular weight is 239 g/mol. The van der Waals surface area contributed by atoms with Crippen molar-refractivity contribution in [3.05, 3.63) is 0 Å². The fraction of sp³-hybridized carbons (Fsp3) is 0.846. The Morgan fingerprint density at radius 1 is 1.41 bits per heavy atom. The topological polar surface area (TPSA) is 66.4 Å². The molecule has 1 amide bonds. The largest absolute Gasteiger partial charge is 0.480 e. The van der Waals surface area contributed by atoms with Crippen LogP contribution >= 0.6 is 0 Å². The number of carboxylic acids is 1. The molecule has 1 unspecified atom stereocenters. The summed E-state index contributed by atoms with van der Waals surface area (Å²) >= 11 is 0.